The van der Waals surface area contributed by atoms with Crippen LogP contribution in [0.5, 0.6) is 11.5 Å². The number of ether oxygens (including phenoxy) is 2. The zero-order valence-electron chi connectivity index (χ0n) is 15.8. The molecule has 0 radical (unpaired) electrons. The van der Waals surface area contributed by atoms with Gasteiger partial charge in [0.15, 0.2) is 17.5 Å². The van der Waals surface area contributed by atoms with Gasteiger partial charge >= 0.3 is 0 Å². The molecule has 0 saturated heterocycles. The molecule has 0 atom stereocenters. The van der Waals surface area contributed by atoms with Crippen LogP contribution in [0.2, 0.25) is 0 Å². The molecular formula is C20H27IN4O2. The van der Waals surface area contributed by atoms with Crippen LogP contribution in [0.4, 0.5) is 0 Å². The van der Waals surface area contributed by atoms with E-state index in [4.69, 9.17) is 9.47 Å². The van der Waals surface area contributed by atoms with E-state index in [1.807, 2.05) is 24.3 Å². The first-order valence-electron chi connectivity index (χ1n) is 8.80. The van der Waals surface area contributed by atoms with E-state index < -0.39 is 0 Å². The maximum atomic E-state index is 5.41. The van der Waals surface area contributed by atoms with Gasteiger partial charge in [-0.05, 0) is 30.3 Å². The Morgan fingerprint density at radius 2 is 1.81 bits per heavy atom. The predicted molar refractivity (Wildman–Crippen MR) is 119 cm³/mol. The fourth-order valence-electron chi connectivity index (χ4n) is 2.80. The first kappa shape index (κ1) is 21.3. The molecule has 0 aromatic heterocycles. The summed E-state index contributed by atoms with van der Waals surface area (Å²) in [5.41, 5.74) is 2.44. The molecular weight excluding hydrogens is 455 g/mol. The Kier molecular flexibility index (Phi) is 8.66. The normalized spacial score (nSPS) is 12.6. The number of guanidine groups is 1. The van der Waals surface area contributed by atoms with Crippen molar-refractivity contribution in [3.05, 3.63) is 59.7 Å². The van der Waals surface area contributed by atoms with Crippen molar-refractivity contribution in [1.29, 1.82) is 0 Å². The molecule has 146 valence electrons. The Balaban J connectivity index is 0.00000261. The molecule has 2 aromatic rings. The fourth-order valence-corrected chi connectivity index (χ4v) is 2.80. The summed E-state index contributed by atoms with van der Waals surface area (Å²) in [5.74, 6) is 2.39. The van der Waals surface area contributed by atoms with Crippen LogP contribution >= 0.6 is 24.0 Å². The molecule has 0 fully saturated rings. The molecule has 2 aromatic carbocycles. The molecule has 0 aliphatic carbocycles. The third-order valence-corrected chi connectivity index (χ3v) is 4.20. The lowest BCUT2D eigenvalue weighted by atomic mass is 10.2. The summed E-state index contributed by atoms with van der Waals surface area (Å²) in [6, 6.07) is 16.4. The van der Waals surface area contributed by atoms with E-state index in [0.717, 1.165) is 42.7 Å². The van der Waals surface area contributed by atoms with Gasteiger partial charge in [-0.1, -0.05) is 36.4 Å². The third kappa shape index (κ3) is 6.59. The minimum absolute atomic E-state index is 0. The van der Waals surface area contributed by atoms with Crippen LogP contribution in [0.15, 0.2) is 53.5 Å². The second-order valence-electron chi connectivity index (χ2n) is 6.26. The van der Waals surface area contributed by atoms with Gasteiger partial charge in [-0.3, -0.25) is 4.99 Å². The van der Waals surface area contributed by atoms with Crippen molar-refractivity contribution in [3.8, 4) is 11.5 Å². The first-order valence-corrected chi connectivity index (χ1v) is 8.80. The molecule has 2 N–H and O–H groups in total. The van der Waals surface area contributed by atoms with Crippen molar-refractivity contribution in [1.82, 2.24) is 15.5 Å². The SMILES string of the molecule is CN=C(NCCN(C)Cc1ccccc1)NCc1ccc2c(c1)OCO2.I. The third-order valence-electron chi connectivity index (χ3n) is 4.20. The molecule has 1 heterocycles. The molecule has 1 aliphatic heterocycles. The van der Waals surface area contributed by atoms with Gasteiger partial charge in [0.2, 0.25) is 6.79 Å². The number of nitrogens with one attached hydrogen (secondary N) is 2. The lowest BCUT2D eigenvalue weighted by Crippen LogP contribution is -2.40. The molecule has 7 heteroatoms. The van der Waals surface area contributed by atoms with Crippen molar-refractivity contribution in [2.24, 2.45) is 4.99 Å². The Morgan fingerprint density at radius 1 is 1.04 bits per heavy atom. The van der Waals surface area contributed by atoms with Gasteiger partial charge in [0.05, 0.1) is 0 Å². The summed E-state index contributed by atoms with van der Waals surface area (Å²) in [6.07, 6.45) is 0. The first-order chi connectivity index (χ1) is 12.7. The highest BCUT2D eigenvalue weighted by Gasteiger charge is 2.13. The highest BCUT2D eigenvalue weighted by atomic mass is 127. The average molecular weight is 482 g/mol. The van der Waals surface area contributed by atoms with Crippen molar-refractivity contribution < 1.29 is 9.47 Å². The van der Waals surface area contributed by atoms with Gasteiger partial charge in [0, 0.05) is 33.2 Å². The number of likely N-dealkylation sites (N-methyl/N-ethyl adjacent to an activating group) is 1. The van der Waals surface area contributed by atoms with Gasteiger partial charge in [-0.2, -0.15) is 0 Å². The van der Waals surface area contributed by atoms with Crippen LogP contribution < -0.4 is 20.1 Å². The molecule has 27 heavy (non-hydrogen) atoms. The van der Waals surface area contributed by atoms with Gasteiger partial charge in [0.1, 0.15) is 0 Å². The van der Waals surface area contributed by atoms with Crippen LogP contribution in [-0.4, -0.2) is 44.8 Å². The second-order valence-corrected chi connectivity index (χ2v) is 6.26. The molecule has 3 rings (SSSR count). The lowest BCUT2D eigenvalue weighted by molar-refractivity contribution is 0.174. The number of nitrogens with zero attached hydrogens (tertiary/aromatic N) is 2. The van der Waals surface area contributed by atoms with Crippen LogP contribution in [-0.2, 0) is 13.1 Å². The quantitative estimate of drug-likeness (QED) is 0.361. The molecule has 6 nitrogen and oxygen atoms in total. The summed E-state index contributed by atoms with van der Waals surface area (Å²) >= 11 is 0. The van der Waals surface area contributed by atoms with Crippen LogP contribution in [0.25, 0.3) is 0 Å². The molecule has 1 aliphatic rings. The maximum Gasteiger partial charge on any atom is 0.231 e. The van der Waals surface area contributed by atoms with Crippen molar-refractivity contribution in [2.45, 2.75) is 13.1 Å². The van der Waals surface area contributed by atoms with Gasteiger partial charge in [-0.15, -0.1) is 24.0 Å². The minimum Gasteiger partial charge on any atom is -0.454 e. The highest BCUT2D eigenvalue weighted by Crippen LogP contribution is 2.32. The van der Waals surface area contributed by atoms with Gasteiger partial charge in [-0.25, -0.2) is 0 Å². The number of fused-ring (bicyclic) bond motifs is 1. The zero-order valence-corrected chi connectivity index (χ0v) is 18.1. The van der Waals surface area contributed by atoms with Crippen molar-refractivity contribution >= 4 is 29.9 Å². The largest absolute Gasteiger partial charge is 0.454 e. The van der Waals surface area contributed by atoms with E-state index in [-0.39, 0.29) is 24.0 Å². The average Bonchev–Trinajstić information content (AvgIpc) is 3.13. The fraction of sp³-hybridized carbons (Fsp3) is 0.350. The Morgan fingerprint density at radius 3 is 2.59 bits per heavy atom. The molecule has 0 bridgehead atoms. The van der Waals surface area contributed by atoms with Gasteiger partial charge < -0.3 is 25.0 Å². The van der Waals surface area contributed by atoms with Crippen molar-refractivity contribution in [3.63, 3.8) is 0 Å². The number of hydrogen-bond donors (Lipinski definition) is 2. The van der Waals surface area contributed by atoms with E-state index in [1.54, 1.807) is 7.05 Å². The van der Waals surface area contributed by atoms with E-state index in [2.05, 4.69) is 51.8 Å². The van der Waals surface area contributed by atoms with Crippen LogP contribution in [0, 0.1) is 0 Å². The van der Waals surface area contributed by atoms with Crippen LogP contribution in [0.3, 0.4) is 0 Å². The lowest BCUT2D eigenvalue weighted by Gasteiger charge is -2.18. The predicted octanol–water partition coefficient (Wildman–Crippen LogP) is 2.83. The van der Waals surface area contributed by atoms with E-state index in [1.165, 1.54) is 5.56 Å². The Bertz CT molecular complexity index is 740. The van der Waals surface area contributed by atoms with Crippen molar-refractivity contribution in [2.75, 3.05) is 34.0 Å². The summed E-state index contributed by atoms with van der Waals surface area (Å²) in [5, 5.41) is 6.67. The Hall–Kier alpha value is -2.00. The number of halogens is 1. The van der Waals surface area contributed by atoms with E-state index >= 15 is 0 Å². The smallest absolute Gasteiger partial charge is 0.231 e. The minimum atomic E-state index is 0. The van der Waals surface area contributed by atoms with E-state index in [0.29, 0.717) is 13.3 Å². The monoisotopic (exact) mass is 482 g/mol. The number of aliphatic imine (C=N–C) groups is 1. The topological polar surface area (TPSA) is 58.1 Å². The van der Waals surface area contributed by atoms with Gasteiger partial charge in [0.25, 0.3) is 0 Å². The number of rotatable bonds is 7. The maximum absolute atomic E-state index is 5.41. The molecule has 0 amide bonds. The number of benzene rings is 2. The zero-order chi connectivity index (χ0) is 18.2. The summed E-state index contributed by atoms with van der Waals surface area (Å²) in [4.78, 5) is 6.56. The second kappa shape index (κ2) is 11.0. The van der Waals surface area contributed by atoms with Crippen LogP contribution in [0.1, 0.15) is 11.1 Å². The summed E-state index contributed by atoms with van der Waals surface area (Å²) < 4.78 is 10.7. The standard InChI is InChI=1S/C20H26N4O2.HI/c1-21-20(22-10-11-24(2)14-16-6-4-3-5-7-16)23-13-17-8-9-18-19(12-17)26-15-25-18;/h3-9,12H,10-11,13-15H2,1-2H3,(H2,21,22,23);1H. The Labute approximate surface area is 178 Å². The highest BCUT2D eigenvalue weighted by molar-refractivity contribution is 14.0. The molecule has 0 saturated carbocycles. The number of hydrogen-bond acceptors (Lipinski definition) is 4. The summed E-state index contributed by atoms with van der Waals surface area (Å²) in [6.45, 7) is 3.66. The summed E-state index contributed by atoms with van der Waals surface area (Å²) in [7, 11) is 3.90. The van der Waals surface area contributed by atoms with E-state index in [9.17, 15) is 0 Å². The molecule has 0 spiro atoms. The molecule has 0 unspecified atom stereocenters.